The Morgan fingerprint density at radius 3 is 1.56 bits per heavy atom. The number of hydrogen-bond acceptors (Lipinski definition) is 11. The minimum absolute atomic E-state index is 0.0794. The Balaban J connectivity index is 0.000000252. The van der Waals surface area contributed by atoms with E-state index < -0.39 is 0 Å². The van der Waals surface area contributed by atoms with E-state index in [9.17, 15) is 14.4 Å². The highest BCUT2D eigenvalue weighted by Gasteiger charge is 2.23. The Morgan fingerprint density at radius 1 is 0.722 bits per heavy atom. The van der Waals surface area contributed by atoms with E-state index in [0.717, 1.165) is 58.0 Å². The maximum absolute atomic E-state index is 12.9. The number of ether oxygens (including phenoxy) is 3. The second-order valence-electron chi connectivity index (χ2n) is 13.0. The molecule has 1 saturated heterocycles. The number of nitrogens with one attached hydrogen (secondary N) is 1. The van der Waals surface area contributed by atoms with Crippen LogP contribution < -0.4 is 11.1 Å². The number of carbonyl (C=O) groups is 3. The number of nitrogens with two attached hydrogens (primary N) is 1. The molecule has 0 radical (unpaired) electrons. The minimum atomic E-state index is -0.357. The van der Waals surface area contributed by atoms with Gasteiger partial charge < -0.3 is 30.2 Å². The molecule has 5 rings (SSSR count). The lowest BCUT2D eigenvalue weighted by Crippen LogP contribution is -2.50. The Kier molecular flexibility index (Phi) is 19.9. The molecule has 4 amide bonds. The summed E-state index contributed by atoms with van der Waals surface area (Å²) in [5, 5.41) is 11.1. The van der Waals surface area contributed by atoms with Gasteiger partial charge in [0.05, 0.1) is 45.4 Å². The molecular weight excluding hydrogens is 763 g/mol. The van der Waals surface area contributed by atoms with Gasteiger partial charge in [0.2, 0.25) is 0 Å². The van der Waals surface area contributed by atoms with Crippen LogP contribution in [0.5, 0.6) is 0 Å². The van der Waals surface area contributed by atoms with Crippen LogP contribution in [0.25, 0.3) is 0 Å². The van der Waals surface area contributed by atoms with E-state index >= 15 is 0 Å². The van der Waals surface area contributed by atoms with Gasteiger partial charge >= 0.3 is 18.2 Å². The highest BCUT2D eigenvalue weighted by atomic mass is 32.1. The maximum Gasteiger partial charge on any atom is 0.410 e. The monoisotopic (exact) mass is 817 g/mol. The maximum atomic E-state index is 12.9. The van der Waals surface area contributed by atoms with Gasteiger partial charge in [-0.2, -0.15) is 0 Å². The highest BCUT2D eigenvalue weighted by molar-refractivity contribution is 7.10. The molecule has 0 aromatic carbocycles. The minimum Gasteiger partial charge on any atom is -0.448 e. The first-order valence-corrected chi connectivity index (χ1v) is 22.2. The van der Waals surface area contributed by atoms with Crippen LogP contribution >= 0.6 is 45.3 Å². The fourth-order valence-corrected chi connectivity index (χ4v) is 8.37. The average molecular weight is 818 g/mol. The number of amides is 4. The van der Waals surface area contributed by atoms with Crippen LogP contribution in [0.2, 0.25) is 0 Å². The summed E-state index contributed by atoms with van der Waals surface area (Å²) in [6.45, 7) is 9.12. The molecule has 0 unspecified atom stereocenters. The third-order valence-electron chi connectivity index (χ3n) is 8.51. The van der Waals surface area contributed by atoms with E-state index in [0.29, 0.717) is 52.5 Å². The SMILES string of the molecule is CCCC[C@@H](COC(=O)N(Cc1cccs1)Cc1cccs1)NC(=O)N1CCOCC1.CCCC[C@H](N)COC(=O)N(Cc1cccs1)Cc1cccs1. The van der Waals surface area contributed by atoms with Gasteiger partial charge in [-0.15, -0.1) is 45.3 Å². The molecule has 0 spiro atoms. The Hall–Kier alpha value is -3.47. The predicted octanol–water partition coefficient (Wildman–Crippen LogP) is 9.01. The van der Waals surface area contributed by atoms with Crippen molar-refractivity contribution in [3.05, 3.63) is 89.6 Å². The van der Waals surface area contributed by atoms with Gasteiger partial charge in [0.15, 0.2) is 0 Å². The summed E-state index contributed by atoms with van der Waals surface area (Å²) in [5.74, 6) is 0. The van der Waals surface area contributed by atoms with E-state index in [4.69, 9.17) is 19.9 Å². The fraction of sp³-hybridized carbons (Fsp3) is 0.513. The van der Waals surface area contributed by atoms with E-state index in [1.165, 1.54) is 0 Å². The third-order valence-corrected chi connectivity index (χ3v) is 12.0. The summed E-state index contributed by atoms with van der Waals surface area (Å²) in [4.78, 5) is 47.7. The molecule has 1 fully saturated rings. The molecule has 0 bridgehead atoms. The summed E-state index contributed by atoms with van der Waals surface area (Å²) >= 11 is 6.54. The standard InChI is InChI=1S/C22H31N3O4S2.C17H24N2O2S2/c1-2-3-6-18(23-21(26)24-9-11-28-12-10-24)17-29-22(27)25(15-19-7-4-13-30-19)16-20-8-5-14-31-20;1-2-3-6-14(18)13-21-17(20)19(11-15-7-4-9-22-15)12-16-8-5-10-23-16/h4-5,7-8,13-14,18H,2-3,6,9-12,15-17H2,1H3,(H,23,26);4-5,7-10,14H,2-3,6,11-13,18H2,1H3/t18-;14-/m00/s1. The number of rotatable bonds is 19. The first kappa shape index (κ1) is 43.3. The number of hydrogen-bond donors (Lipinski definition) is 2. The smallest absolute Gasteiger partial charge is 0.410 e. The van der Waals surface area contributed by atoms with Gasteiger partial charge in [0.25, 0.3) is 0 Å². The van der Waals surface area contributed by atoms with Gasteiger partial charge in [-0.25, -0.2) is 14.4 Å². The van der Waals surface area contributed by atoms with Crippen LogP contribution in [0, 0.1) is 0 Å². The molecule has 4 aromatic heterocycles. The van der Waals surface area contributed by atoms with Crippen LogP contribution in [-0.2, 0) is 40.4 Å². The lowest BCUT2D eigenvalue weighted by Gasteiger charge is -2.29. The van der Waals surface area contributed by atoms with E-state index in [2.05, 4.69) is 19.2 Å². The molecule has 15 heteroatoms. The van der Waals surface area contributed by atoms with Crippen molar-refractivity contribution in [2.75, 3.05) is 39.5 Å². The summed E-state index contributed by atoms with van der Waals surface area (Å²) in [6, 6.07) is 15.7. The number of morpholine rings is 1. The molecule has 4 aromatic rings. The lowest BCUT2D eigenvalue weighted by molar-refractivity contribution is 0.0503. The summed E-state index contributed by atoms with van der Waals surface area (Å²) < 4.78 is 16.4. The zero-order chi connectivity index (χ0) is 38.4. The van der Waals surface area contributed by atoms with Crippen molar-refractivity contribution in [3.63, 3.8) is 0 Å². The van der Waals surface area contributed by atoms with E-state index in [-0.39, 0.29) is 43.5 Å². The van der Waals surface area contributed by atoms with Crippen molar-refractivity contribution in [2.24, 2.45) is 5.73 Å². The molecule has 0 aliphatic carbocycles. The van der Waals surface area contributed by atoms with Crippen molar-refractivity contribution in [1.29, 1.82) is 0 Å². The fourth-order valence-electron chi connectivity index (χ4n) is 5.50. The van der Waals surface area contributed by atoms with Crippen molar-refractivity contribution in [2.45, 2.75) is 90.6 Å². The summed E-state index contributed by atoms with van der Waals surface area (Å²) in [6.07, 6.45) is 5.15. The molecule has 1 aliphatic rings. The van der Waals surface area contributed by atoms with Gasteiger partial charge in [0, 0.05) is 38.6 Å². The Bertz CT molecular complexity index is 1490. The second-order valence-corrected chi connectivity index (χ2v) is 17.1. The first-order valence-electron chi connectivity index (χ1n) is 18.7. The number of nitrogens with zero attached hydrogens (tertiary/aromatic N) is 3. The summed E-state index contributed by atoms with van der Waals surface area (Å²) in [5.41, 5.74) is 5.99. The highest BCUT2D eigenvalue weighted by Crippen LogP contribution is 2.20. The third kappa shape index (κ3) is 16.1. The van der Waals surface area contributed by atoms with E-state index in [1.807, 2.05) is 70.1 Å². The predicted molar refractivity (Wildman–Crippen MR) is 220 cm³/mol. The Labute approximate surface area is 336 Å². The van der Waals surface area contributed by atoms with Gasteiger partial charge in [-0.05, 0) is 58.6 Å². The van der Waals surface area contributed by atoms with Crippen molar-refractivity contribution < 1.29 is 28.6 Å². The molecule has 11 nitrogen and oxygen atoms in total. The van der Waals surface area contributed by atoms with E-state index in [1.54, 1.807) is 60.0 Å². The molecule has 2 atom stereocenters. The zero-order valence-corrected chi connectivity index (χ0v) is 34.7. The zero-order valence-electron chi connectivity index (χ0n) is 31.4. The second kappa shape index (κ2) is 24.8. The first-order chi connectivity index (χ1) is 26.3. The van der Waals surface area contributed by atoms with Crippen LogP contribution in [0.15, 0.2) is 70.1 Å². The van der Waals surface area contributed by atoms with Crippen LogP contribution in [0.1, 0.15) is 71.9 Å². The molecule has 296 valence electrons. The van der Waals surface area contributed by atoms with Crippen molar-refractivity contribution in [3.8, 4) is 0 Å². The molecule has 0 saturated carbocycles. The van der Waals surface area contributed by atoms with Crippen LogP contribution in [-0.4, -0.2) is 84.5 Å². The number of carbonyl (C=O) groups excluding carboxylic acids is 3. The quantitative estimate of drug-likeness (QED) is 0.0968. The summed E-state index contributed by atoms with van der Waals surface area (Å²) in [7, 11) is 0. The lowest BCUT2D eigenvalue weighted by atomic mass is 10.1. The molecular formula is C39H55N5O6S4. The number of urea groups is 1. The Morgan fingerprint density at radius 2 is 1.15 bits per heavy atom. The van der Waals surface area contributed by atoms with Crippen LogP contribution in [0.4, 0.5) is 14.4 Å². The van der Waals surface area contributed by atoms with Crippen molar-refractivity contribution in [1.82, 2.24) is 20.0 Å². The number of unbranched alkanes of at least 4 members (excludes halogenated alkanes) is 2. The van der Waals surface area contributed by atoms with Gasteiger partial charge in [0.1, 0.15) is 13.2 Å². The normalized spacial score (nSPS) is 13.6. The van der Waals surface area contributed by atoms with Crippen LogP contribution in [0.3, 0.4) is 0 Å². The largest absolute Gasteiger partial charge is 0.448 e. The number of thiophene rings is 4. The van der Waals surface area contributed by atoms with Gasteiger partial charge in [-0.1, -0.05) is 63.8 Å². The van der Waals surface area contributed by atoms with Gasteiger partial charge in [-0.3, -0.25) is 9.80 Å². The molecule has 5 heterocycles. The molecule has 3 N–H and O–H groups in total. The van der Waals surface area contributed by atoms with Crippen molar-refractivity contribution >= 4 is 63.6 Å². The molecule has 54 heavy (non-hydrogen) atoms. The topological polar surface area (TPSA) is 127 Å². The average Bonchev–Trinajstić information content (AvgIpc) is 4.04. The molecule has 1 aliphatic heterocycles.